The minimum atomic E-state index is -4.62. The molecule has 260 valence electrons. The van der Waals surface area contributed by atoms with Crippen molar-refractivity contribution < 1.29 is 37.4 Å². The number of phenols is 1. The Hall–Kier alpha value is -7.02. The Kier molecular flexibility index (Phi) is 9.94. The van der Waals surface area contributed by atoms with E-state index < -0.39 is 29.3 Å². The first-order valence-corrected chi connectivity index (χ1v) is 15.6. The van der Waals surface area contributed by atoms with Gasteiger partial charge in [0.2, 0.25) is 0 Å². The minimum absolute atomic E-state index is 0.0253. The number of nitrogens with one attached hydrogen (secondary N) is 3. The van der Waals surface area contributed by atoms with Crippen LogP contribution in [0.15, 0.2) is 138 Å². The summed E-state index contributed by atoms with van der Waals surface area (Å²) in [6, 6.07) is 31.9. The molecule has 0 aliphatic heterocycles. The maximum absolute atomic E-state index is 13.5. The van der Waals surface area contributed by atoms with Crippen LogP contribution in [0, 0.1) is 0 Å². The number of fused-ring (bicyclic) bond motifs is 1. The van der Waals surface area contributed by atoms with Gasteiger partial charge >= 0.3 is 6.18 Å². The summed E-state index contributed by atoms with van der Waals surface area (Å²) in [5.74, 6) is -1.93. The standard InChI is InChI=1S/C39H28F3N5O5/c1-52-33-19-18-29(45-37(50)25-11-7-12-26(20-25)39(40,41)42)22-32(33)46-47-34-30-13-6-5-10-24(30)21-31(35(34)48)38(51)44-28-16-14-27(15-17-28)43-36(49)23-8-3-2-4-9-23/h2-22,48H,1H3,(H,43,49)(H,44,51)(H,45,50)/b47-46+. The Morgan fingerprint density at radius 3 is 1.92 bits per heavy atom. The zero-order valence-corrected chi connectivity index (χ0v) is 27.2. The lowest BCUT2D eigenvalue weighted by Gasteiger charge is -2.12. The van der Waals surface area contributed by atoms with Crippen LogP contribution in [0.4, 0.5) is 41.6 Å². The van der Waals surface area contributed by atoms with Gasteiger partial charge < -0.3 is 25.8 Å². The molecule has 0 bridgehead atoms. The molecule has 10 nitrogen and oxygen atoms in total. The molecule has 0 aliphatic carbocycles. The van der Waals surface area contributed by atoms with Crippen LogP contribution in [0.5, 0.6) is 11.5 Å². The smallest absolute Gasteiger partial charge is 0.416 e. The quantitative estimate of drug-likeness (QED) is 0.111. The summed E-state index contributed by atoms with van der Waals surface area (Å²) in [6.07, 6.45) is -4.62. The second-order valence-electron chi connectivity index (χ2n) is 11.3. The number of carbonyl (C=O) groups excluding carboxylic acids is 3. The van der Waals surface area contributed by atoms with Crippen molar-refractivity contribution in [3.63, 3.8) is 0 Å². The van der Waals surface area contributed by atoms with Crippen molar-refractivity contribution in [2.45, 2.75) is 6.18 Å². The number of nitrogens with zero attached hydrogens (tertiary/aromatic N) is 2. The molecule has 0 saturated heterocycles. The first kappa shape index (κ1) is 34.8. The lowest BCUT2D eigenvalue weighted by molar-refractivity contribution is -0.137. The third-order valence-electron chi connectivity index (χ3n) is 7.82. The van der Waals surface area contributed by atoms with Crippen LogP contribution in [-0.4, -0.2) is 29.9 Å². The number of methoxy groups -OCH3 is 1. The van der Waals surface area contributed by atoms with E-state index in [2.05, 4.69) is 26.2 Å². The number of anilines is 3. The third-order valence-corrected chi connectivity index (χ3v) is 7.82. The zero-order valence-electron chi connectivity index (χ0n) is 27.2. The number of halogens is 3. The molecule has 0 saturated carbocycles. The largest absolute Gasteiger partial charge is 0.505 e. The number of benzene rings is 6. The number of carbonyl (C=O) groups is 3. The van der Waals surface area contributed by atoms with Crippen molar-refractivity contribution in [1.82, 2.24) is 0 Å². The van der Waals surface area contributed by atoms with E-state index in [4.69, 9.17) is 4.74 Å². The van der Waals surface area contributed by atoms with E-state index >= 15 is 0 Å². The number of alkyl halides is 3. The number of amides is 3. The maximum Gasteiger partial charge on any atom is 0.416 e. The van der Waals surface area contributed by atoms with Gasteiger partial charge in [0, 0.05) is 33.6 Å². The summed E-state index contributed by atoms with van der Waals surface area (Å²) in [6.45, 7) is 0. The van der Waals surface area contributed by atoms with Crippen LogP contribution in [0.1, 0.15) is 36.6 Å². The maximum atomic E-state index is 13.5. The van der Waals surface area contributed by atoms with E-state index in [9.17, 15) is 32.7 Å². The highest BCUT2D eigenvalue weighted by Gasteiger charge is 2.31. The predicted octanol–water partition coefficient (Wildman–Crippen LogP) is 9.75. The van der Waals surface area contributed by atoms with Gasteiger partial charge in [-0.05, 0) is 84.2 Å². The number of hydrogen-bond acceptors (Lipinski definition) is 7. The third kappa shape index (κ3) is 7.89. The van der Waals surface area contributed by atoms with E-state index in [1.807, 2.05) is 6.07 Å². The Bertz CT molecular complexity index is 2330. The summed E-state index contributed by atoms with van der Waals surface area (Å²) < 4.78 is 44.9. The highest BCUT2D eigenvalue weighted by Crippen LogP contribution is 2.41. The molecule has 0 heterocycles. The van der Waals surface area contributed by atoms with Crippen LogP contribution < -0.4 is 20.7 Å². The lowest BCUT2D eigenvalue weighted by atomic mass is 10.0. The number of ether oxygens (including phenoxy) is 1. The van der Waals surface area contributed by atoms with Crippen molar-refractivity contribution in [2.75, 3.05) is 23.1 Å². The van der Waals surface area contributed by atoms with Gasteiger partial charge in [0.1, 0.15) is 17.1 Å². The van der Waals surface area contributed by atoms with Gasteiger partial charge in [0.15, 0.2) is 5.75 Å². The number of rotatable bonds is 9. The summed E-state index contributed by atoms with van der Waals surface area (Å²) in [4.78, 5) is 38.8. The van der Waals surface area contributed by atoms with Crippen molar-refractivity contribution in [2.24, 2.45) is 10.2 Å². The molecule has 0 spiro atoms. The van der Waals surface area contributed by atoms with E-state index in [0.717, 1.165) is 18.2 Å². The van der Waals surface area contributed by atoms with Gasteiger partial charge in [-0.1, -0.05) is 48.5 Å². The van der Waals surface area contributed by atoms with Crippen LogP contribution >= 0.6 is 0 Å². The van der Waals surface area contributed by atoms with E-state index in [1.165, 1.54) is 37.4 Å². The van der Waals surface area contributed by atoms with E-state index in [1.54, 1.807) is 72.8 Å². The molecule has 0 fully saturated rings. The Labute approximate surface area is 294 Å². The van der Waals surface area contributed by atoms with Crippen LogP contribution in [0.3, 0.4) is 0 Å². The normalized spacial score (nSPS) is 11.3. The van der Waals surface area contributed by atoms with E-state index in [-0.39, 0.29) is 39.8 Å². The molecule has 0 unspecified atom stereocenters. The van der Waals surface area contributed by atoms with Crippen molar-refractivity contribution in [3.05, 3.63) is 150 Å². The number of azo groups is 1. The number of hydrogen-bond donors (Lipinski definition) is 4. The molecule has 4 N–H and O–H groups in total. The molecule has 6 aromatic carbocycles. The Morgan fingerprint density at radius 2 is 1.23 bits per heavy atom. The molecular formula is C39H28F3N5O5. The zero-order chi connectivity index (χ0) is 36.8. The summed E-state index contributed by atoms with van der Waals surface area (Å²) in [5.41, 5.74) is 0.412. The molecular weight excluding hydrogens is 675 g/mol. The second kappa shape index (κ2) is 14.8. The molecule has 13 heteroatoms. The second-order valence-corrected chi connectivity index (χ2v) is 11.3. The SMILES string of the molecule is COc1ccc(NC(=O)c2cccc(C(F)(F)F)c2)cc1/N=N/c1c(O)c(C(=O)Nc2ccc(NC(=O)c3ccccc3)cc2)cc2ccccc12. The van der Waals surface area contributed by atoms with Crippen LogP contribution in [0.25, 0.3) is 10.8 Å². The summed E-state index contributed by atoms with van der Waals surface area (Å²) >= 11 is 0. The number of aromatic hydroxyl groups is 1. The van der Waals surface area contributed by atoms with Crippen molar-refractivity contribution in [1.29, 1.82) is 0 Å². The topological polar surface area (TPSA) is 141 Å². The van der Waals surface area contributed by atoms with E-state index in [0.29, 0.717) is 27.7 Å². The highest BCUT2D eigenvalue weighted by atomic mass is 19.4. The first-order chi connectivity index (χ1) is 25.0. The van der Waals surface area contributed by atoms with Crippen LogP contribution in [-0.2, 0) is 6.18 Å². The summed E-state index contributed by atoms with van der Waals surface area (Å²) in [5, 5.41) is 29.0. The summed E-state index contributed by atoms with van der Waals surface area (Å²) in [7, 11) is 1.39. The van der Waals surface area contributed by atoms with Crippen molar-refractivity contribution >= 4 is 56.9 Å². The van der Waals surface area contributed by atoms with Gasteiger partial charge in [-0.2, -0.15) is 13.2 Å². The predicted molar refractivity (Wildman–Crippen MR) is 191 cm³/mol. The molecule has 0 aromatic heterocycles. The van der Waals surface area contributed by atoms with Gasteiger partial charge in [0.25, 0.3) is 17.7 Å². The molecule has 6 rings (SSSR count). The number of phenolic OH excluding ortho intramolecular Hbond substituents is 1. The fourth-order valence-electron chi connectivity index (χ4n) is 5.21. The fraction of sp³-hybridized carbons (Fsp3) is 0.0513. The Morgan fingerprint density at radius 1 is 0.635 bits per heavy atom. The van der Waals surface area contributed by atoms with Crippen LogP contribution in [0.2, 0.25) is 0 Å². The monoisotopic (exact) mass is 703 g/mol. The molecule has 0 radical (unpaired) electrons. The van der Waals surface area contributed by atoms with Gasteiger partial charge in [-0.3, -0.25) is 14.4 Å². The Balaban J connectivity index is 1.24. The highest BCUT2D eigenvalue weighted by molar-refractivity contribution is 6.12. The molecule has 0 atom stereocenters. The first-order valence-electron chi connectivity index (χ1n) is 15.6. The molecule has 3 amide bonds. The molecule has 6 aromatic rings. The van der Waals surface area contributed by atoms with Gasteiger partial charge in [-0.15, -0.1) is 10.2 Å². The minimum Gasteiger partial charge on any atom is -0.505 e. The molecule has 0 aliphatic rings. The average Bonchev–Trinajstić information content (AvgIpc) is 3.15. The van der Waals surface area contributed by atoms with Gasteiger partial charge in [-0.25, -0.2) is 0 Å². The lowest BCUT2D eigenvalue weighted by Crippen LogP contribution is -2.13. The molecule has 52 heavy (non-hydrogen) atoms. The van der Waals surface area contributed by atoms with Gasteiger partial charge in [0.05, 0.1) is 18.2 Å². The van der Waals surface area contributed by atoms with Crippen molar-refractivity contribution in [3.8, 4) is 11.5 Å². The average molecular weight is 704 g/mol. The fourth-order valence-corrected chi connectivity index (χ4v) is 5.21.